The Morgan fingerprint density at radius 1 is 1.29 bits per heavy atom. The standard InChI is InChI=1S/C13H20O/c1-13(2)7-11-9-5-3-4-8(9)6-10(11)12(13)14/h3,5,8-12,14H,4,6-7H2,1-2H3/t8?,9?,10-,11+,12-/m1/s1. The van der Waals surface area contributed by atoms with Crippen molar-refractivity contribution in [2.24, 2.45) is 29.1 Å². The van der Waals surface area contributed by atoms with E-state index in [-0.39, 0.29) is 11.5 Å². The molecule has 14 heavy (non-hydrogen) atoms. The number of fused-ring (bicyclic) bond motifs is 3. The first-order chi connectivity index (χ1) is 6.59. The van der Waals surface area contributed by atoms with Gasteiger partial charge in [0.05, 0.1) is 6.10 Å². The van der Waals surface area contributed by atoms with Crippen LogP contribution in [0.15, 0.2) is 12.2 Å². The molecule has 0 saturated heterocycles. The fourth-order valence-corrected chi connectivity index (χ4v) is 4.24. The Labute approximate surface area is 86.2 Å². The van der Waals surface area contributed by atoms with E-state index in [9.17, 15) is 5.11 Å². The molecule has 5 atom stereocenters. The van der Waals surface area contributed by atoms with Gasteiger partial charge >= 0.3 is 0 Å². The Morgan fingerprint density at radius 3 is 2.86 bits per heavy atom. The molecule has 2 saturated carbocycles. The highest BCUT2D eigenvalue weighted by atomic mass is 16.3. The van der Waals surface area contributed by atoms with E-state index in [1.807, 2.05) is 0 Å². The van der Waals surface area contributed by atoms with Crippen LogP contribution in [0.3, 0.4) is 0 Å². The quantitative estimate of drug-likeness (QED) is 0.585. The van der Waals surface area contributed by atoms with Gasteiger partial charge in [-0.2, -0.15) is 0 Å². The van der Waals surface area contributed by atoms with Crippen LogP contribution in [0.1, 0.15) is 33.1 Å². The highest BCUT2D eigenvalue weighted by Crippen LogP contribution is 2.59. The first kappa shape index (κ1) is 8.96. The summed E-state index contributed by atoms with van der Waals surface area (Å²) < 4.78 is 0. The first-order valence-corrected chi connectivity index (χ1v) is 5.94. The van der Waals surface area contributed by atoms with Crippen LogP contribution in [-0.4, -0.2) is 11.2 Å². The normalized spacial score (nSPS) is 53.5. The molecular formula is C13H20O. The number of hydrogen-bond donors (Lipinski definition) is 1. The molecule has 0 spiro atoms. The SMILES string of the molecule is CC1(C)C[C@H]2C3C=CCC3C[C@H]2[C@H]1O. The third-order valence-corrected chi connectivity index (χ3v) is 4.93. The summed E-state index contributed by atoms with van der Waals surface area (Å²) in [5.41, 5.74) is 0.163. The van der Waals surface area contributed by atoms with Crippen molar-refractivity contribution in [3.05, 3.63) is 12.2 Å². The Kier molecular flexibility index (Phi) is 1.69. The van der Waals surface area contributed by atoms with Gasteiger partial charge in [-0.05, 0) is 48.3 Å². The lowest BCUT2D eigenvalue weighted by molar-refractivity contribution is 0.0421. The van der Waals surface area contributed by atoms with E-state index in [2.05, 4.69) is 26.0 Å². The van der Waals surface area contributed by atoms with Gasteiger partial charge in [-0.25, -0.2) is 0 Å². The van der Waals surface area contributed by atoms with Crippen molar-refractivity contribution in [1.29, 1.82) is 0 Å². The summed E-state index contributed by atoms with van der Waals surface area (Å²) in [5.74, 6) is 3.06. The van der Waals surface area contributed by atoms with Crippen LogP contribution in [0, 0.1) is 29.1 Å². The van der Waals surface area contributed by atoms with Crippen molar-refractivity contribution in [1.82, 2.24) is 0 Å². The van der Waals surface area contributed by atoms with Crippen molar-refractivity contribution in [2.75, 3.05) is 0 Å². The van der Waals surface area contributed by atoms with Crippen molar-refractivity contribution in [2.45, 2.75) is 39.2 Å². The maximum absolute atomic E-state index is 10.3. The number of allylic oxidation sites excluding steroid dienone is 2. The van der Waals surface area contributed by atoms with Gasteiger partial charge in [-0.3, -0.25) is 0 Å². The molecule has 0 heterocycles. The molecule has 78 valence electrons. The molecule has 0 aromatic rings. The molecule has 0 amide bonds. The summed E-state index contributed by atoms with van der Waals surface area (Å²) in [4.78, 5) is 0. The van der Waals surface area contributed by atoms with Gasteiger partial charge in [-0.1, -0.05) is 26.0 Å². The van der Waals surface area contributed by atoms with Gasteiger partial charge in [0.15, 0.2) is 0 Å². The van der Waals surface area contributed by atoms with Gasteiger partial charge in [0.2, 0.25) is 0 Å². The molecule has 1 heteroatoms. The minimum atomic E-state index is -0.0495. The summed E-state index contributed by atoms with van der Waals surface area (Å²) in [6.45, 7) is 4.45. The fourth-order valence-electron chi connectivity index (χ4n) is 4.24. The molecule has 3 aliphatic rings. The van der Waals surface area contributed by atoms with E-state index in [1.54, 1.807) is 0 Å². The second-order valence-corrected chi connectivity index (χ2v) is 6.20. The summed E-state index contributed by atoms with van der Waals surface area (Å²) in [7, 11) is 0. The molecule has 1 N–H and O–H groups in total. The molecular weight excluding hydrogens is 172 g/mol. The second-order valence-electron chi connectivity index (χ2n) is 6.20. The fraction of sp³-hybridized carbons (Fsp3) is 0.846. The highest BCUT2D eigenvalue weighted by Gasteiger charge is 2.55. The number of aliphatic hydroxyl groups is 1. The lowest BCUT2D eigenvalue weighted by Crippen LogP contribution is -2.28. The van der Waals surface area contributed by atoms with Crippen LogP contribution in [0.5, 0.6) is 0 Å². The van der Waals surface area contributed by atoms with Gasteiger partial charge in [-0.15, -0.1) is 0 Å². The van der Waals surface area contributed by atoms with Crippen molar-refractivity contribution < 1.29 is 5.11 Å². The number of hydrogen-bond acceptors (Lipinski definition) is 1. The third-order valence-electron chi connectivity index (χ3n) is 4.93. The lowest BCUT2D eigenvalue weighted by Gasteiger charge is -2.26. The lowest BCUT2D eigenvalue weighted by atomic mass is 9.82. The molecule has 3 aliphatic carbocycles. The molecule has 2 fully saturated rings. The molecule has 0 aliphatic heterocycles. The van der Waals surface area contributed by atoms with E-state index in [0.717, 1.165) is 17.8 Å². The minimum Gasteiger partial charge on any atom is -0.392 e. The minimum absolute atomic E-state index is 0.0495. The Balaban J connectivity index is 1.89. The van der Waals surface area contributed by atoms with Crippen LogP contribution in [-0.2, 0) is 0 Å². The summed E-state index contributed by atoms with van der Waals surface area (Å²) in [6.07, 6.45) is 8.49. The molecule has 0 aromatic heterocycles. The second kappa shape index (κ2) is 2.63. The zero-order valence-electron chi connectivity index (χ0n) is 9.11. The summed E-state index contributed by atoms with van der Waals surface area (Å²) in [6, 6.07) is 0. The van der Waals surface area contributed by atoms with Crippen molar-refractivity contribution in [3.8, 4) is 0 Å². The average Bonchev–Trinajstić information content (AvgIpc) is 2.70. The van der Waals surface area contributed by atoms with E-state index in [4.69, 9.17) is 0 Å². The van der Waals surface area contributed by atoms with Crippen molar-refractivity contribution in [3.63, 3.8) is 0 Å². The summed E-state index contributed by atoms with van der Waals surface area (Å²) >= 11 is 0. The zero-order chi connectivity index (χ0) is 9.92. The largest absolute Gasteiger partial charge is 0.392 e. The molecule has 2 unspecified atom stereocenters. The van der Waals surface area contributed by atoms with Crippen LogP contribution in [0.2, 0.25) is 0 Å². The van der Waals surface area contributed by atoms with E-state index in [0.29, 0.717) is 5.92 Å². The smallest absolute Gasteiger partial charge is 0.0622 e. The van der Waals surface area contributed by atoms with Gasteiger partial charge in [0.25, 0.3) is 0 Å². The number of aliphatic hydroxyl groups excluding tert-OH is 1. The monoisotopic (exact) mass is 192 g/mol. The molecule has 1 nitrogen and oxygen atoms in total. The van der Waals surface area contributed by atoms with E-state index >= 15 is 0 Å². The molecule has 0 bridgehead atoms. The van der Waals surface area contributed by atoms with Crippen LogP contribution in [0.25, 0.3) is 0 Å². The van der Waals surface area contributed by atoms with E-state index in [1.165, 1.54) is 19.3 Å². The highest BCUT2D eigenvalue weighted by molar-refractivity contribution is 5.14. The Morgan fingerprint density at radius 2 is 2.07 bits per heavy atom. The predicted molar refractivity (Wildman–Crippen MR) is 56.7 cm³/mol. The van der Waals surface area contributed by atoms with Gasteiger partial charge in [0, 0.05) is 0 Å². The Bertz CT molecular complexity index is 279. The molecule has 0 aromatic carbocycles. The van der Waals surface area contributed by atoms with Crippen molar-refractivity contribution >= 4 is 0 Å². The maximum atomic E-state index is 10.3. The van der Waals surface area contributed by atoms with E-state index < -0.39 is 0 Å². The van der Waals surface area contributed by atoms with Crippen LogP contribution in [0.4, 0.5) is 0 Å². The predicted octanol–water partition coefficient (Wildman–Crippen LogP) is 2.61. The Hall–Kier alpha value is -0.300. The first-order valence-electron chi connectivity index (χ1n) is 5.94. The molecule has 0 radical (unpaired) electrons. The maximum Gasteiger partial charge on any atom is 0.0622 e. The summed E-state index contributed by atoms with van der Waals surface area (Å²) in [5, 5.41) is 10.3. The van der Waals surface area contributed by atoms with Gasteiger partial charge < -0.3 is 5.11 Å². The van der Waals surface area contributed by atoms with Crippen LogP contribution < -0.4 is 0 Å². The number of rotatable bonds is 0. The zero-order valence-corrected chi connectivity index (χ0v) is 9.11. The van der Waals surface area contributed by atoms with Gasteiger partial charge in [0.1, 0.15) is 0 Å². The average molecular weight is 192 g/mol. The molecule has 3 rings (SSSR count). The topological polar surface area (TPSA) is 20.2 Å². The van der Waals surface area contributed by atoms with Crippen LogP contribution >= 0.6 is 0 Å². The third kappa shape index (κ3) is 0.995.